The van der Waals surface area contributed by atoms with Crippen molar-refractivity contribution in [2.45, 2.75) is 40.5 Å². The summed E-state index contributed by atoms with van der Waals surface area (Å²) < 4.78 is 0.832. The highest BCUT2D eigenvalue weighted by atomic mass is 32.1. The van der Waals surface area contributed by atoms with Crippen molar-refractivity contribution in [3.05, 3.63) is 56.4 Å². The first-order valence-corrected chi connectivity index (χ1v) is 8.23. The summed E-state index contributed by atoms with van der Waals surface area (Å²) in [6.45, 7) is 8.65. The molecule has 118 valence electrons. The van der Waals surface area contributed by atoms with E-state index in [0.29, 0.717) is 0 Å². The molecule has 0 spiro atoms. The van der Waals surface area contributed by atoms with Crippen LogP contribution < -0.4 is 4.90 Å². The van der Waals surface area contributed by atoms with E-state index in [2.05, 4.69) is 69.9 Å². The summed E-state index contributed by atoms with van der Waals surface area (Å²) in [5, 5.41) is 0. The number of hydrogen-bond donors (Lipinski definition) is 1. The second kappa shape index (κ2) is 6.66. The summed E-state index contributed by atoms with van der Waals surface area (Å²) >= 11 is 5.58. The molecule has 2 aromatic rings. The van der Waals surface area contributed by atoms with Gasteiger partial charge in [-0.15, -0.1) is 0 Å². The van der Waals surface area contributed by atoms with E-state index in [1.165, 1.54) is 33.5 Å². The highest BCUT2D eigenvalue weighted by molar-refractivity contribution is 7.71. The summed E-state index contributed by atoms with van der Waals surface area (Å²) in [5.74, 6) is 0. The van der Waals surface area contributed by atoms with Crippen molar-refractivity contribution in [3.8, 4) is 0 Å². The maximum atomic E-state index is 5.58. The Hall–Kier alpha value is -1.61. The topological polar surface area (TPSA) is 19.0 Å². The number of pyridine rings is 1. The van der Waals surface area contributed by atoms with Gasteiger partial charge < -0.3 is 9.88 Å². The molecule has 0 bridgehead atoms. The van der Waals surface area contributed by atoms with Crippen molar-refractivity contribution >= 4 is 17.9 Å². The molecule has 1 aromatic heterocycles. The Morgan fingerprint density at radius 2 is 1.59 bits per heavy atom. The van der Waals surface area contributed by atoms with Gasteiger partial charge in [0.1, 0.15) is 4.64 Å². The molecule has 3 heteroatoms. The fraction of sp³-hybridized carbons (Fsp3) is 0.421. The van der Waals surface area contributed by atoms with E-state index in [1.54, 1.807) is 0 Å². The summed E-state index contributed by atoms with van der Waals surface area (Å²) in [4.78, 5) is 5.50. The number of aromatic amines is 1. The van der Waals surface area contributed by atoms with E-state index in [9.17, 15) is 0 Å². The first kappa shape index (κ1) is 16.8. The van der Waals surface area contributed by atoms with E-state index in [1.807, 2.05) is 0 Å². The standard InChI is InChI=1S/C19H26N2S/c1-7-16-14(4)20-19(22)18(21(5)6)17(16)11-15-9-12(2)8-13(3)10-15/h8-10H,7,11H2,1-6H3,(H,20,22). The molecule has 0 aliphatic rings. The zero-order valence-electron chi connectivity index (χ0n) is 14.5. The summed E-state index contributed by atoms with van der Waals surface area (Å²) in [6.07, 6.45) is 1.94. The Morgan fingerprint density at radius 3 is 2.09 bits per heavy atom. The van der Waals surface area contributed by atoms with Gasteiger partial charge in [-0.2, -0.15) is 0 Å². The van der Waals surface area contributed by atoms with Gasteiger partial charge in [-0.25, -0.2) is 0 Å². The number of benzene rings is 1. The van der Waals surface area contributed by atoms with Crippen molar-refractivity contribution in [1.29, 1.82) is 0 Å². The van der Waals surface area contributed by atoms with E-state index in [0.717, 1.165) is 23.2 Å². The Morgan fingerprint density at radius 1 is 1.00 bits per heavy atom. The average molecular weight is 314 g/mol. The van der Waals surface area contributed by atoms with Gasteiger partial charge in [-0.3, -0.25) is 0 Å². The van der Waals surface area contributed by atoms with Crippen molar-refractivity contribution in [2.75, 3.05) is 19.0 Å². The van der Waals surface area contributed by atoms with Crippen molar-refractivity contribution in [1.82, 2.24) is 4.98 Å². The zero-order chi connectivity index (χ0) is 16.4. The molecule has 22 heavy (non-hydrogen) atoms. The van der Waals surface area contributed by atoms with Crippen LogP contribution in [0.25, 0.3) is 0 Å². The van der Waals surface area contributed by atoms with Gasteiger partial charge in [0.05, 0.1) is 5.69 Å². The minimum absolute atomic E-state index is 0.832. The maximum absolute atomic E-state index is 5.58. The Balaban J connectivity index is 2.64. The average Bonchev–Trinajstić information content (AvgIpc) is 2.36. The van der Waals surface area contributed by atoms with Crippen molar-refractivity contribution in [3.63, 3.8) is 0 Å². The molecule has 1 N–H and O–H groups in total. The molecule has 1 aromatic carbocycles. The van der Waals surface area contributed by atoms with Crippen LogP contribution in [-0.4, -0.2) is 19.1 Å². The van der Waals surface area contributed by atoms with Gasteiger partial charge >= 0.3 is 0 Å². The molecule has 0 amide bonds. The maximum Gasteiger partial charge on any atom is 0.127 e. The quantitative estimate of drug-likeness (QED) is 0.810. The number of hydrogen-bond acceptors (Lipinski definition) is 2. The van der Waals surface area contributed by atoms with Crippen LogP contribution in [0.3, 0.4) is 0 Å². The lowest BCUT2D eigenvalue weighted by molar-refractivity contribution is 0.958. The lowest BCUT2D eigenvalue weighted by atomic mass is 9.94. The van der Waals surface area contributed by atoms with Gasteiger partial charge in [0.25, 0.3) is 0 Å². The first-order chi connectivity index (χ1) is 10.3. The van der Waals surface area contributed by atoms with Crippen LogP contribution >= 0.6 is 12.2 Å². The van der Waals surface area contributed by atoms with Gasteiger partial charge in [0, 0.05) is 19.8 Å². The fourth-order valence-electron chi connectivity index (χ4n) is 3.33. The molecule has 0 saturated carbocycles. The molecular formula is C19H26N2S. The summed E-state index contributed by atoms with van der Waals surface area (Å²) in [6, 6.07) is 6.78. The smallest absolute Gasteiger partial charge is 0.127 e. The summed E-state index contributed by atoms with van der Waals surface area (Å²) in [5.41, 5.74) is 9.08. The van der Waals surface area contributed by atoms with Crippen LogP contribution in [0, 0.1) is 25.4 Å². The van der Waals surface area contributed by atoms with Crippen LogP contribution in [0.4, 0.5) is 5.69 Å². The van der Waals surface area contributed by atoms with Crippen LogP contribution in [-0.2, 0) is 12.8 Å². The van der Waals surface area contributed by atoms with Gasteiger partial charge in [0.2, 0.25) is 0 Å². The predicted molar refractivity (Wildman–Crippen MR) is 98.8 cm³/mol. The number of aromatic nitrogens is 1. The van der Waals surface area contributed by atoms with E-state index in [4.69, 9.17) is 12.2 Å². The number of rotatable bonds is 4. The van der Waals surface area contributed by atoms with Gasteiger partial charge in [-0.1, -0.05) is 48.5 Å². The Bertz CT molecular complexity index is 722. The SMILES string of the molecule is CCc1c(C)[nH]c(=S)c(N(C)C)c1Cc1cc(C)cc(C)c1. The molecule has 2 rings (SSSR count). The highest BCUT2D eigenvalue weighted by Crippen LogP contribution is 2.29. The third-order valence-corrected chi connectivity index (χ3v) is 4.38. The Labute approximate surface area is 139 Å². The number of H-pyrrole nitrogens is 1. The third-order valence-electron chi connectivity index (χ3n) is 4.08. The number of aryl methyl sites for hydroxylation is 3. The molecule has 0 radical (unpaired) electrons. The zero-order valence-corrected chi connectivity index (χ0v) is 15.3. The minimum Gasteiger partial charge on any atom is -0.375 e. The van der Waals surface area contributed by atoms with E-state index in [-0.39, 0.29) is 0 Å². The molecule has 0 aliphatic heterocycles. The molecule has 2 nitrogen and oxygen atoms in total. The molecule has 0 saturated heterocycles. The molecule has 1 heterocycles. The monoisotopic (exact) mass is 314 g/mol. The highest BCUT2D eigenvalue weighted by Gasteiger charge is 2.15. The molecule has 0 aliphatic carbocycles. The molecule has 0 atom stereocenters. The normalized spacial score (nSPS) is 10.8. The van der Waals surface area contributed by atoms with E-state index < -0.39 is 0 Å². The number of anilines is 1. The van der Waals surface area contributed by atoms with Gasteiger partial charge in [-0.05, 0) is 50.3 Å². The van der Waals surface area contributed by atoms with E-state index >= 15 is 0 Å². The lowest BCUT2D eigenvalue weighted by Crippen LogP contribution is -2.16. The fourth-order valence-corrected chi connectivity index (χ4v) is 3.79. The molecule has 0 fully saturated rings. The number of nitrogens with zero attached hydrogens (tertiary/aromatic N) is 1. The molecule has 0 unspecified atom stereocenters. The lowest BCUT2D eigenvalue weighted by Gasteiger charge is -2.22. The van der Waals surface area contributed by atoms with Crippen molar-refractivity contribution < 1.29 is 0 Å². The third kappa shape index (κ3) is 3.41. The minimum atomic E-state index is 0.832. The van der Waals surface area contributed by atoms with Crippen molar-refractivity contribution in [2.24, 2.45) is 0 Å². The van der Waals surface area contributed by atoms with Crippen LogP contribution in [0.15, 0.2) is 18.2 Å². The Kier molecular flexibility index (Phi) is 5.07. The largest absolute Gasteiger partial charge is 0.375 e. The second-order valence-electron chi connectivity index (χ2n) is 6.31. The van der Waals surface area contributed by atoms with Crippen LogP contribution in [0.2, 0.25) is 0 Å². The van der Waals surface area contributed by atoms with Crippen LogP contribution in [0.1, 0.15) is 40.4 Å². The van der Waals surface area contributed by atoms with Crippen LogP contribution in [0.5, 0.6) is 0 Å². The second-order valence-corrected chi connectivity index (χ2v) is 6.71. The number of nitrogens with one attached hydrogen (secondary N) is 1. The summed E-state index contributed by atoms with van der Waals surface area (Å²) in [7, 11) is 4.14. The predicted octanol–water partition coefficient (Wildman–Crippen LogP) is 4.89. The molecular weight excluding hydrogens is 288 g/mol. The first-order valence-electron chi connectivity index (χ1n) is 7.82. The van der Waals surface area contributed by atoms with Gasteiger partial charge in [0.15, 0.2) is 0 Å².